The fourth-order valence-electron chi connectivity index (χ4n) is 2.70. The number of benzene rings is 2. The Morgan fingerprint density at radius 2 is 1.59 bits per heavy atom. The lowest BCUT2D eigenvalue weighted by atomic mass is 10.2. The number of aromatic amines is 1. The molecule has 0 radical (unpaired) electrons. The normalized spacial score (nSPS) is 11.3. The number of imidazole rings is 1. The molecule has 4 rings (SSSR count). The Morgan fingerprint density at radius 3 is 2.41 bits per heavy atom. The minimum absolute atomic E-state index is 0.284. The Kier molecular flexibility index (Phi) is 2.47. The van der Waals surface area contributed by atoms with Crippen molar-refractivity contribution in [2.75, 3.05) is 5.73 Å². The molecule has 0 aromatic heterocycles. The summed E-state index contributed by atoms with van der Waals surface area (Å²) in [5.41, 5.74) is 7.56. The lowest BCUT2D eigenvalue weighted by molar-refractivity contribution is 0.923. The third-order valence-electron chi connectivity index (χ3n) is 3.73. The molecule has 0 unspecified atom stereocenters. The summed E-state index contributed by atoms with van der Waals surface area (Å²) < 4.78 is 2.51. The Hall–Kier alpha value is -3.28. The number of hydrogen-bond donors (Lipinski definition) is 2. The SMILES string of the molecule is Nc1ccccc1-n1c(=O)c2c[nH]c3ccccc3n-2c1=O. The zero-order valence-electron chi connectivity index (χ0n) is 11.5. The van der Waals surface area contributed by atoms with Gasteiger partial charge in [-0.05, 0) is 24.3 Å². The lowest BCUT2D eigenvalue weighted by Gasteiger charge is -2.05. The van der Waals surface area contributed by atoms with Gasteiger partial charge in [0.1, 0.15) is 5.69 Å². The predicted molar refractivity (Wildman–Crippen MR) is 85.1 cm³/mol. The maximum Gasteiger partial charge on any atom is 0.341 e. The van der Waals surface area contributed by atoms with Crippen LogP contribution in [0.15, 0.2) is 64.3 Å². The van der Waals surface area contributed by atoms with Crippen molar-refractivity contribution in [2.24, 2.45) is 0 Å². The number of nitrogens with two attached hydrogens (primary N) is 1. The maximum absolute atomic E-state index is 12.8. The summed E-state index contributed by atoms with van der Waals surface area (Å²) in [4.78, 5) is 28.4. The minimum atomic E-state index is -0.428. The monoisotopic (exact) mass is 292 g/mol. The van der Waals surface area contributed by atoms with Crippen LogP contribution in [0.1, 0.15) is 0 Å². The maximum atomic E-state index is 12.8. The van der Waals surface area contributed by atoms with Crippen LogP contribution >= 0.6 is 0 Å². The molecular weight excluding hydrogens is 280 g/mol. The molecule has 2 aromatic rings. The van der Waals surface area contributed by atoms with Crippen LogP contribution in [0.2, 0.25) is 0 Å². The van der Waals surface area contributed by atoms with Gasteiger partial charge in [-0.25, -0.2) is 9.36 Å². The highest BCUT2D eigenvalue weighted by atomic mass is 16.2. The van der Waals surface area contributed by atoms with Gasteiger partial charge in [0.25, 0.3) is 5.56 Å². The zero-order chi connectivity index (χ0) is 15.3. The molecule has 0 amide bonds. The van der Waals surface area contributed by atoms with E-state index < -0.39 is 11.2 Å². The zero-order valence-corrected chi connectivity index (χ0v) is 11.5. The number of rotatable bonds is 1. The van der Waals surface area contributed by atoms with Crippen molar-refractivity contribution in [3.8, 4) is 11.4 Å². The third kappa shape index (κ3) is 1.54. The Labute approximate surface area is 124 Å². The van der Waals surface area contributed by atoms with Gasteiger partial charge in [0.05, 0.1) is 22.4 Å². The standard InChI is InChI=1S/C16H12N4O2/c17-10-5-1-3-7-12(10)20-15(21)14-9-18-11-6-2-4-8-13(11)19(14)16(20)22/h1-9,18H,17H2. The van der Waals surface area contributed by atoms with Crippen molar-refractivity contribution >= 4 is 16.7 Å². The van der Waals surface area contributed by atoms with E-state index >= 15 is 0 Å². The highest BCUT2D eigenvalue weighted by Gasteiger charge is 2.21. The fourth-order valence-corrected chi connectivity index (χ4v) is 2.70. The Balaban J connectivity index is 2.21. The van der Waals surface area contributed by atoms with E-state index in [1.54, 1.807) is 36.5 Å². The number of H-pyrrole nitrogens is 1. The first kappa shape index (κ1) is 12.5. The highest BCUT2D eigenvalue weighted by molar-refractivity contribution is 5.77. The van der Waals surface area contributed by atoms with E-state index in [0.717, 1.165) is 10.1 Å². The quantitative estimate of drug-likeness (QED) is 0.521. The van der Waals surface area contributed by atoms with Crippen LogP contribution in [-0.2, 0) is 0 Å². The molecule has 6 heteroatoms. The lowest BCUT2D eigenvalue weighted by Crippen LogP contribution is -2.25. The number of aromatic nitrogens is 3. The molecule has 22 heavy (non-hydrogen) atoms. The van der Waals surface area contributed by atoms with Gasteiger partial charge >= 0.3 is 5.69 Å². The summed E-state index contributed by atoms with van der Waals surface area (Å²) >= 11 is 0. The molecule has 0 saturated carbocycles. The molecule has 0 aliphatic carbocycles. The van der Waals surface area contributed by atoms with Gasteiger partial charge in [0, 0.05) is 6.20 Å². The largest absolute Gasteiger partial charge is 0.397 e. The van der Waals surface area contributed by atoms with Crippen LogP contribution in [-0.4, -0.2) is 14.1 Å². The number of fused-ring (bicyclic) bond motifs is 3. The smallest absolute Gasteiger partial charge is 0.341 e. The van der Waals surface area contributed by atoms with E-state index in [9.17, 15) is 9.59 Å². The Morgan fingerprint density at radius 1 is 0.864 bits per heavy atom. The summed E-state index contributed by atoms with van der Waals surface area (Å²) in [7, 11) is 0. The minimum Gasteiger partial charge on any atom is -0.397 e. The molecule has 2 aliphatic heterocycles. The number of nitrogens with zero attached hydrogens (tertiary/aromatic N) is 2. The number of nitrogen functional groups attached to an aromatic ring is 1. The van der Waals surface area contributed by atoms with Crippen LogP contribution in [0.4, 0.5) is 5.69 Å². The van der Waals surface area contributed by atoms with Crippen LogP contribution in [0.5, 0.6) is 0 Å². The molecule has 108 valence electrons. The van der Waals surface area contributed by atoms with Crippen molar-refractivity contribution < 1.29 is 0 Å². The van der Waals surface area contributed by atoms with E-state index in [-0.39, 0.29) is 5.69 Å². The summed E-state index contributed by atoms with van der Waals surface area (Å²) in [6.07, 6.45) is 1.54. The van der Waals surface area contributed by atoms with Gasteiger partial charge in [-0.3, -0.25) is 9.36 Å². The van der Waals surface area contributed by atoms with Crippen molar-refractivity contribution in [1.29, 1.82) is 0 Å². The number of hydrogen-bond acceptors (Lipinski definition) is 3. The first-order chi connectivity index (χ1) is 10.7. The van der Waals surface area contributed by atoms with Gasteiger partial charge in [0.2, 0.25) is 0 Å². The summed E-state index contributed by atoms with van der Waals surface area (Å²) in [5, 5.41) is 0. The predicted octanol–water partition coefficient (Wildman–Crippen LogP) is 1.49. The van der Waals surface area contributed by atoms with Crippen molar-refractivity contribution in [1.82, 2.24) is 14.1 Å². The summed E-state index contributed by atoms with van der Waals surface area (Å²) in [6.45, 7) is 0. The van der Waals surface area contributed by atoms with Crippen LogP contribution in [0.25, 0.3) is 22.4 Å². The molecule has 0 bridgehead atoms. The van der Waals surface area contributed by atoms with Crippen LogP contribution < -0.4 is 17.0 Å². The first-order valence-corrected chi connectivity index (χ1v) is 6.77. The van der Waals surface area contributed by atoms with Gasteiger partial charge < -0.3 is 10.7 Å². The van der Waals surface area contributed by atoms with E-state index in [1.807, 2.05) is 18.2 Å². The third-order valence-corrected chi connectivity index (χ3v) is 3.73. The molecule has 0 saturated heterocycles. The molecule has 0 spiro atoms. The first-order valence-electron chi connectivity index (χ1n) is 6.77. The highest BCUT2D eigenvalue weighted by Crippen LogP contribution is 2.17. The second-order valence-electron chi connectivity index (χ2n) is 5.01. The number of nitrogens with one attached hydrogen (secondary N) is 1. The summed E-state index contributed by atoms with van der Waals surface area (Å²) in [6, 6.07) is 14.1. The molecule has 0 atom stereocenters. The van der Waals surface area contributed by atoms with Gasteiger partial charge in [-0.15, -0.1) is 0 Å². The van der Waals surface area contributed by atoms with Crippen molar-refractivity contribution in [2.45, 2.75) is 0 Å². The molecule has 2 aromatic carbocycles. The topological polar surface area (TPSA) is 85.8 Å². The van der Waals surface area contributed by atoms with E-state index in [2.05, 4.69) is 4.98 Å². The molecule has 0 fully saturated rings. The van der Waals surface area contributed by atoms with Crippen LogP contribution in [0, 0.1) is 0 Å². The number of para-hydroxylation sites is 4. The summed E-state index contributed by atoms with van der Waals surface area (Å²) in [5.74, 6) is 0. The van der Waals surface area contributed by atoms with Crippen molar-refractivity contribution in [3.05, 3.63) is 75.6 Å². The van der Waals surface area contributed by atoms with E-state index in [0.29, 0.717) is 16.9 Å². The van der Waals surface area contributed by atoms with Crippen LogP contribution in [0.3, 0.4) is 0 Å². The molecule has 6 nitrogen and oxygen atoms in total. The molecule has 2 aliphatic rings. The Bertz CT molecular complexity index is 1090. The van der Waals surface area contributed by atoms with Gasteiger partial charge in [0.15, 0.2) is 0 Å². The molecular formula is C16H12N4O2. The fraction of sp³-hybridized carbons (Fsp3) is 0. The average molecular weight is 292 g/mol. The molecule has 3 N–H and O–H groups in total. The van der Waals surface area contributed by atoms with Gasteiger partial charge in [-0.2, -0.15) is 0 Å². The van der Waals surface area contributed by atoms with E-state index in [1.165, 1.54) is 4.57 Å². The second-order valence-corrected chi connectivity index (χ2v) is 5.01. The second kappa shape index (κ2) is 4.36. The molecule has 2 heterocycles. The van der Waals surface area contributed by atoms with Gasteiger partial charge in [-0.1, -0.05) is 24.3 Å². The van der Waals surface area contributed by atoms with E-state index in [4.69, 9.17) is 5.73 Å². The average Bonchev–Trinajstić information content (AvgIpc) is 2.80. The number of anilines is 1. The van der Waals surface area contributed by atoms with Crippen molar-refractivity contribution in [3.63, 3.8) is 0 Å².